The lowest BCUT2D eigenvalue weighted by atomic mass is 10.1. The second-order valence-electron chi connectivity index (χ2n) is 4.59. The quantitative estimate of drug-likeness (QED) is 0.628. The SMILES string of the molecule is COc1cc(CNC(=O)C(C)CN)ccc1OCC(N)=O.Cl. The maximum absolute atomic E-state index is 11.6. The molecule has 0 aromatic heterocycles. The fourth-order valence-corrected chi connectivity index (χ4v) is 1.56. The summed E-state index contributed by atoms with van der Waals surface area (Å²) in [5.41, 5.74) is 11.3. The van der Waals surface area contributed by atoms with E-state index in [2.05, 4.69) is 5.32 Å². The number of halogens is 1. The van der Waals surface area contributed by atoms with Gasteiger partial charge in [0.05, 0.1) is 7.11 Å². The van der Waals surface area contributed by atoms with Gasteiger partial charge in [-0.2, -0.15) is 0 Å². The number of hydrogen-bond acceptors (Lipinski definition) is 5. The van der Waals surface area contributed by atoms with Crippen LogP contribution in [0.2, 0.25) is 0 Å². The molecule has 1 aromatic carbocycles. The third-order valence-electron chi connectivity index (χ3n) is 2.87. The van der Waals surface area contributed by atoms with Crippen LogP contribution < -0.4 is 26.3 Å². The molecule has 0 spiro atoms. The monoisotopic (exact) mass is 331 g/mol. The normalized spacial score (nSPS) is 11.0. The summed E-state index contributed by atoms with van der Waals surface area (Å²) in [5, 5.41) is 2.78. The lowest BCUT2D eigenvalue weighted by molar-refractivity contribution is -0.124. The van der Waals surface area contributed by atoms with E-state index in [4.69, 9.17) is 20.9 Å². The molecule has 0 aliphatic carbocycles. The van der Waals surface area contributed by atoms with Crippen molar-refractivity contribution < 1.29 is 19.1 Å². The predicted octanol–water partition coefficient (Wildman–Crippen LogP) is 0.192. The molecule has 0 saturated heterocycles. The Kier molecular flexibility index (Phi) is 8.97. The number of nitrogens with two attached hydrogens (primary N) is 2. The Hall–Kier alpha value is -1.99. The number of carbonyl (C=O) groups is 2. The highest BCUT2D eigenvalue weighted by Gasteiger charge is 2.11. The van der Waals surface area contributed by atoms with Crippen LogP contribution in [0, 0.1) is 5.92 Å². The van der Waals surface area contributed by atoms with Gasteiger partial charge in [-0.15, -0.1) is 12.4 Å². The summed E-state index contributed by atoms with van der Waals surface area (Å²) >= 11 is 0. The number of rotatable bonds is 8. The molecule has 7 nitrogen and oxygen atoms in total. The third kappa shape index (κ3) is 6.19. The molecule has 1 atom stereocenters. The number of amides is 2. The first-order chi connectivity index (χ1) is 9.97. The van der Waals surface area contributed by atoms with Gasteiger partial charge in [-0.3, -0.25) is 9.59 Å². The van der Waals surface area contributed by atoms with Crippen LogP contribution in [0.3, 0.4) is 0 Å². The predicted molar refractivity (Wildman–Crippen MR) is 85.0 cm³/mol. The van der Waals surface area contributed by atoms with Crippen LogP contribution in [0.1, 0.15) is 12.5 Å². The van der Waals surface area contributed by atoms with E-state index < -0.39 is 5.91 Å². The van der Waals surface area contributed by atoms with Crippen molar-refractivity contribution in [2.24, 2.45) is 17.4 Å². The van der Waals surface area contributed by atoms with E-state index in [9.17, 15) is 9.59 Å². The average molecular weight is 332 g/mol. The first kappa shape index (κ1) is 20.0. The molecule has 0 fully saturated rings. The van der Waals surface area contributed by atoms with E-state index >= 15 is 0 Å². The molecule has 124 valence electrons. The molecular weight excluding hydrogens is 310 g/mol. The number of primary amides is 1. The van der Waals surface area contributed by atoms with Gasteiger partial charge in [0.2, 0.25) is 5.91 Å². The van der Waals surface area contributed by atoms with E-state index in [1.54, 1.807) is 25.1 Å². The number of benzene rings is 1. The van der Waals surface area contributed by atoms with Gasteiger partial charge in [0.15, 0.2) is 18.1 Å². The van der Waals surface area contributed by atoms with Gasteiger partial charge in [0.25, 0.3) is 5.91 Å². The van der Waals surface area contributed by atoms with Gasteiger partial charge >= 0.3 is 0 Å². The summed E-state index contributed by atoms with van der Waals surface area (Å²) in [4.78, 5) is 22.4. The minimum atomic E-state index is -0.566. The van der Waals surface area contributed by atoms with Crippen LogP contribution in [0.15, 0.2) is 18.2 Å². The molecule has 1 unspecified atom stereocenters. The van der Waals surface area contributed by atoms with Crippen LogP contribution in [-0.4, -0.2) is 32.1 Å². The fraction of sp³-hybridized carbons (Fsp3) is 0.429. The van der Waals surface area contributed by atoms with Crippen molar-refractivity contribution >= 4 is 24.2 Å². The van der Waals surface area contributed by atoms with Crippen molar-refractivity contribution in [3.05, 3.63) is 23.8 Å². The molecule has 0 heterocycles. The maximum atomic E-state index is 11.6. The first-order valence-electron chi connectivity index (χ1n) is 6.53. The average Bonchev–Trinajstić information content (AvgIpc) is 2.49. The van der Waals surface area contributed by atoms with Crippen molar-refractivity contribution in [2.75, 3.05) is 20.3 Å². The fourth-order valence-electron chi connectivity index (χ4n) is 1.56. The summed E-state index contributed by atoms with van der Waals surface area (Å²) in [6.45, 7) is 2.20. The molecule has 0 bridgehead atoms. The number of methoxy groups -OCH3 is 1. The van der Waals surface area contributed by atoms with E-state index in [0.717, 1.165) is 5.56 Å². The lowest BCUT2D eigenvalue weighted by Gasteiger charge is -2.13. The Labute approximate surface area is 135 Å². The van der Waals surface area contributed by atoms with Crippen LogP contribution in [0.4, 0.5) is 0 Å². The maximum Gasteiger partial charge on any atom is 0.255 e. The third-order valence-corrected chi connectivity index (χ3v) is 2.87. The highest BCUT2D eigenvalue weighted by molar-refractivity contribution is 5.85. The van der Waals surface area contributed by atoms with Gasteiger partial charge in [-0.25, -0.2) is 0 Å². The zero-order valence-electron chi connectivity index (χ0n) is 12.6. The highest BCUT2D eigenvalue weighted by atomic mass is 35.5. The molecule has 0 saturated carbocycles. The largest absolute Gasteiger partial charge is 0.493 e. The Morgan fingerprint density at radius 3 is 2.55 bits per heavy atom. The van der Waals surface area contributed by atoms with Crippen molar-refractivity contribution in [2.45, 2.75) is 13.5 Å². The van der Waals surface area contributed by atoms with Crippen LogP contribution >= 0.6 is 12.4 Å². The summed E-state index contributed by atoms with van der Waals surface area (Å²) in [6.07, 6.45) is 0. The molecule has 5 N–H and O–H groups in total. The zero-order valence-corrected chi connectivity index (χ0v) is 13.4. The highest BCUT2D eigenvalue weighted by Crippen LogP contribution is 2.27. The molecule has 0 aliphatic rings. The van der Waals surface area contributed by atoms with E-state index in [0.29, 0.717) is 24.6 Å². The molecule has 8 heteroatoms. The number of nitrogens with one attached hydrogen (secondary N) is 1. The van der Waals surface area contributed by atoms with Gasteiger partial charge < -0.3 is 26.3 Å². The van der Waals surface area contributed by atoms with Crippen molar-refractivity contribution in [3.63, 3.8) is 0 Å². The van der Waals surface area contributed by atoms with E-state index in [-0.39, 0.29) is 30.8 Å². The Morgan fingerprint density at radius 2 is 2.00 bits per heavy atom. The van der Waals surface area contributed by atoms with Gasteiger partial charge in [0.1, 0.15) is 0 Å². The summed E-state index contributed by atoms with van der Waals surface area (Å²) in [5.74, 6) is -0.0173. The summed E-state index contributed by atoms with van der Waals surface area (Å²) in [6, 6.07) is 5.16. The molecule has 1 aromatic rings. The van der Waals surface area contributed by atoms with Gasteiger partial charge in [-0.05, 0) is 17.7 Å². The molecule has 1 rings (SSSR count). The second kappa shape index (κ2) is 9.86. The lowest BCUT2D eigenvalue weighted by Crippen LogP contribution is -2.32. The molecule has 0 aliphatic heterocycles. The molecule has 2 amide bonds. The van der Waals surface area contributed by atoms with E-state index in [1.807, 2.05) is 0 Å². The zero-order chi connectivity index (χ0) is 15.8. The smallest absolute Gasteiger partial charge is 0.255 e. The summed E-state index contributed by atoms with van der Waals surface area (Å²) in [7, 11) is 1.49. The Balaban J connectivity index is 0.00000441. The van der Waals surface area contributed by atoms with Gasteiger partial charge in [-0.1, -0.05) is 13.0 Å². The minimum absolute atomic E-state index is 0. The Bertz CT molecular complexity index is 511. The van der Waals surface area contributed by atoms with Crippen molar-refractivity contribution in [1.82, 2.24) is 5.32 Å². The number of ether oxygens (including phenoxy) is 2. The van der Waals surface area contributed by atoms with Crippen molar-refractivity contribution in [3.8, 4) is 11.5 Å². The molecular formula is C14H22ClN3O4. The first-order valence-corrected chi connectivity index (χ1v) is 6.53. The van der Waals surface area contributed by atoms with Crippen LogP contribution in [0.25, 0.3) is 0 Å². The van der Waals surface area contributed by atoms with Crippen LogP contribution in [-0.2, 0) is 16.1 Å². The molecule has 0 radical (unpaired) electrons. The number of hydrogen-bond donors (Lipinski definition) is 3. The van der Waals surface area contributed by atoms with Gasteiger partial charge in [0, 0.05) is 19.0 Å². The topological polar surface area (TPSA) is 117 Å². The minimum Gasteiger partial charge on any atom is -0.493 e. The second-order valence-corrected chi connectivity index (χ2v) is 4.59. The number of carbonyl (C=O) groups excluding carboxylic acids is 2. The van der Waals surface area contributed by atoms with Crippen molar-refractivity contribution in [1.29, 1.82) is 0 Å². The van der Waals surface area contributed by atoms with E-state index in [1.165, 1.54) is 7.11 Å². The summed E-state index contributed by atoms with van der Waals surface area (Å²) < 4.78 is 10.4. The van der Waals surface area contributed by atoms with Crippen LogP contribution in [0.5, 0.6) is 11.5 Å². The molecule has 22 heavy (non-hydrogen) atoms. The standard InChI is InChI=1S/C14H21N3O4.ClH/c1-9(6-15)14(19)17-7-10-3-4-11(12(5-10)20-2)21-8-13(16)18;/h3-5,9H,6-8,15H2,1-2H3,(H2,16,18)(H,17,19);1H. The Morgan fingerprint density at radius 1 is 1.32 bits per heavy atom.